The van der Waals surface area contributed by atoms with Crippen LogP contribution >= 0.6 is 31.9 Å². The maximum absolute atomic E-state index is 8.74. The number of rotatable bonds is 0. The van der Waals surface area contributed by atoms with Gasteiger partial charge in [-0.05, 0) is 12.8 Å². The molecule has 0 bridgehead atoms. The summed E-state index contributed by atoms with van der Waals surface area (Å²) in [6.45, 7) is 0. The highest BCUT2D eigenvalue weighted by Gasteiger charge is 2.44. The van der Waals surface area contributed by atoms with Crippen LogP contribution < -0.4 is 0 Å². The molecule has 1 aliphatic rings. The van der Waals surface area contributed by atoms with Crippen LogP contribution in [0.2, 0.25) is 0 Å². The van der Waals surface area contributed by atoms with E-state index in [9.17, 15) is 0 Å². The largest absolute Gasteiger partial charge is 0.197 e. The Hall–Kier alpha value is -0.0600. The topological polar surface area (TPSA) is 47.6 Å². The van der Waals surface area contributed by atoms with Crippen LogP contribution in [-0.2, 0) is 0 Å². The molecule has 0 amide bonds. The summed E-state index contributed by atoms with van der Waals surface area (Å²) in [5, 5.41) is 17.5. The van der Waals surface area contributed by atoms with E-state index in [-0.39, 0.29) is 9.65 Å². The molecule has 0 aromatic heterocycles. The van der Waals surface area contributed by atoms with Crippen molar-refractivity contribution in [1.82, 2.24) is 0 Å². The predicted molar refractivity (Wildman–Crippen MR) is 48.3 cm³/mol. The normalized spacial score (nSPS) is 34.2. The smallest absolute Gasteiger partial charge is 0.146 e. The van der Waals surface area contributed by atoms with Gasteiger partial charge in [-0.15, -0.1) is 0 Å². The van der Waals surface area contributed by atoms with Gasteiger partial charge in [0.25, 0.3) is 0 Å². The van der Waals surface area contributed by atoms with Gasteiger partial charge in [0.1, 0.15) is 5.41 Å². The van der Waals surface area contributed by atoms with Gasteiger partial charge in [0.2, 0.25) is 0 Å². The Morgan fingerprint density at radius 3 is 1.64 bits per heavy atom. The van der Waals surface area contributed by atoms with Gasteiger partial charge in [0.15, 0.2) is 0 Å². The lowest BCUT2D eigenvalue weighted by atomic mass is 9.90. The zero-order chi connectivity index (χ0) is 8.48. The highest BCUT2D eigenvalue weighted by Crippen LogP contribution is 2.43. The summed E-state index contributed by atoms with van der Waals surface area (Å²) in [4.78, 5) is 0.503. The molecular formula is C7H6Br2N2. The summed E-state index contributed by atoms with van der Waals surface area (Å²) in [5.74, 6) is 0. The van der Waals surface area contributed by atoms with Crippen molar-refractivity contribution >= 4 is 31.9 Å². The van der Waals surface area contributed by atoms with E-state index in [1.165, 1.54) is 0 Å². The molecule has 0 N–H and O–H groups in total. The molecule has 11 heavy (non-hydrogen) atoms. The minimum absolute atomic E-state index is 0.252. The van der Waals surface area contributed by atoms with Crippen LogP contribution in [0.1, 0.15) is 12.8 Å². The molecule has 1 rings (SSSR count). The van der Waals surface area contributed by atoms with E-state index in [0.717, 1.165) is 0 Å². The van der Waals surface area contributed by atoms with Crippen LogP contribution in [0, 0.1) is 28.1 Å². The first-order valence-corrected chi connectivity index (χ1v) is 5.07. The van der Waals surface area contributed by atoms with E-state index in [1.54, 1.807) is 0 Å². The lowest BCUT2D eigenvalue weighted by Gasteiger charge is -2.06. The molecular weight excluding hydrogens is 272 g/mol. The van der Waals surface area contributed by atoms with Crippen molar-refractivity contribution in [2.24, 2.45) is 5.41 Å². The molecule has 1 fully saturated rings. The Balaban J connectivity index is 2.81. The van der Waals surface area contributed by atoms with E-state index in [2.05, 4.69) is 44.0 Å². The second kappa shape index (κ2) is 3.13. The molecule has 0 aromatic rings. The van der Waals surface area contributed by atoms with Crippen LogP contribution in [0.3, 0.4) is 0 Å². The first-order chi connectivity index (χ1) is 5.13. The fraction of sp³-hybridized carbons (Fsp3) is 0.714. The minimum Gasteiger partial charge on any atom is -0.197 e. The Morgan fingerprint density at radius 1 is 1.09 bits per heavy atom. The van der Waals surface area contributed by atoms with Gasteiger partial charge in [-0.25, -0.2) is 0 Å². The molecule has 2 nitrogen and oxygen atoms in total. The molecule has 58 valence electrons. The maximum atomic E-state index is 8.74. The number of nitrogens with zero attached hydrogens (tertiary/aromatic N) is 2. The van der Waals surface area contributed by atoms with Crippen molar-refractivity contribution in [1.29, 1.82) is 10.5 Å². The first kappa shape index (κ1) is 9.03. The van der Waals surface area contributed by atoms with Crippen LogP contribution in [0.15, 0.2) is 0 Å². The zero-order valence-electron chi connectivity index (χ0n) is 5.72. The highest BCUT2D eigenvalue weighted by molar-refractivity contribution is 9.12. The summed E-state index contributed by atoms with van der Waals surface area (Å²) in [6.07, 6.45) is 1.24. The fourth-order valence-corrected chi connectivity index (χ4v) is 2.69. The highest BCUT2D eigenvalue weighted by atomic mass is 79.9. The SMILES string of the molecule is N#CC1(C#N)CC(Br)C(Br)C1. The third kappa shape index (κ3) is 1.58. The average Bonchev–Trinajstić information content (AvgIpc) is 2.29. The Bertz CT molecular complexity index is 212. The van der Waals surface area contributed by atoms with Crippen LogP contribution in [0.25, 0.3) is 0 Å². The van der Waals surface area contributed by atoms with E-state index in [4.69, 9.17) is 10.5 Å². The van der Waals surface area contributed by atoms with E-state index >= 15 is 0 Å². The van der Waals surface area contributed by atoms with Gasteiger partial charge < -0.3 is 0 Å². The lowest BCUT2D eigenvalue weighted by Crippen LogP contribution is -2.10. The monoisotopic (exact) mass is 276 g/mol. The zero-order valence-corrected chi connectivity index (χ0v) is 8.89. The number of halogens is 2. The van der Waals surface area contributed by atoms with Crippen LogP contribution in [0.4, 0.5) is 0 Å². The van der Waals surface area contributed by atoms with Crippen molar-refractivity contribution in [3.05, 3.63) is 0 Å². The maximum Gasteiger partial charge on any atom is 0.146 e. The van der Waals surface area contributed by atoms with Crippen molar-refractivity contribution < 1.29 is 0 Å². The van der Waals surface area contributed by atoms with Crippen molar-refractivity contribution in [3.8, 4) is 12.1 Å². The van der Waals surface area contributed by atoms with Gasteiger partial charge in [-0.2, -0.15) is 10.5 Å². The molecule has 0 aliphatic heterocycles. The molecule has 0 aromatic carbocycles. The van der Waals surface area contributed by atoms with Crippen molar-refractivity contribution in [3.63, 3.8) is 0 Å². The van der Waals surface area contributed by atoms with Gasteiger partial charge in [-0.3, -0.25) is 0 Å². The molecule has 0 spiro atoms. The minimum atomic E-state index is -0.762. The number of hydrogen-bond acceptors (Lipinski definition) is 2. The third-order valence-corrected chi connectivity index (χ3v) is 4.54. The van der Waals surface area contributed by atoms with E-state index in [1.807, 2.05) is 0 Å². The average molecular weight is 278 g/mol. The van der Waals surface area contributed by atoms with Crippen molar-refractivity contribution in [2.45, 2.75) is 22.5 Å². The van der Waals surface area contributed by atoms with Gasteiger partial charge >= 0.3 is 0 Å². The molecule has 1 saturated carbocycles. The second-order valence-corrected chi connectivity index (χ2v) is 5.10. The summed E-state index contributed by atoms with van der Waals surface area (Å²) >= 11 is 6.82. The fourth-order valence-electron chi connectivity index (χ4n) is 1.21. The van der Waals surface area contributed by atoms with Gasteiger partial charge in [0.05, 0.1) is 12.1 Å². The molecule has 2 atom stereocenters. The quantitative estimate of drug-likeness (QED) is 0.638. The van der Waals surface area contributed by atoms with Gasteiger partial charge in [0, 0.05) is 9.65 Å². The standard InChI is InChI=1S/C7H6Br2N2/c8-5-1-7(3-10,4-11)2-6(5)9/h5-6H,1-2H2. The van der Waals surface area contributed by atoms with Gasteiger partial charge in [-0.1, -0.05) is 31.9 Å². The lowest BCUT2D eigenvalue weighted by molar-refractivity contribution is 0.550. The molecule has 1 aliphatic carbocycles. The number of hydrogen-bond donors (Lipinski definition) is 0. The Kier molecular flexibility index (Phi) is 2.57. The predicted octanol–water partition coefficient (Wildman–Crippen LogP) is 2.34. The second-order valence-electron chi connectivity index (χ2n) is 2.75. The number of nitriles is 2. The summed E-state index contributed by atoms with van der Waals surface area (Å²) in [6, 6.07) is 4.13. The molecule has 0 radical (unpaired) electrons. The van der Waals surface area contributed by atoms with E-state index < -0.39 is 5.41 Å². The summed E-state index contributed by atoms with van der Waals surface area (Å²) in [5.41, 5.74) is -0.762. The first-order valence-electron chi connectivity index (χ1n) is 3.24. The number of alkyl halides is 2. The molecule has 4 heteroatoms. The van der Waals surface area contributed by atoms with Crippen LogP contribution in [0.5, 0.6) is 0 Å². The van der Waals surface area contributed by atoms with E-state index in [0.29, 0.717) is 12.8 Å². The molecule has 0 heterocycles. The molecule has 2 unspecified atom stereocenters. The van der Waals surface area contributed by atoms with Crippen LogP contribution in [-0.4, -0.2) is 9.65 Å². The third-order valence-electron chi connectivity index (χ3n) is 1.91. The molecule has 0 saturated heterocycles. The summed E-state index contributed by atoms with van der Waals surface area (Å²) in [7, 11) is 0. The Morgan fingerprint density at radius 2 is 1.45 bits per heavy atom. The van der Waals surface area contributed by atoms with Crippen molar-refractivity contribution in [2.75, 3.05) is 0 Å². The Labute approximate surface area is 82.4 Å². The summed E-state index contributed by atoms with van der Waals surface area (Å²) < 4.78 is 0.